The summed E-state index contributed by atoms with van der Waals surface area (Å²) in [5, 5.41) is 14.0. The molecule has 0 radical (unpaired) electrons. The van der Waals surface area contributed by atoms with Gasteiger partial charge < -0.3 is 19.3 Å². The Labute approximate surface area is 144 Å². The van der Waals surface area contributed by atoms with Crippen LogP contribution in [0, 0.1) is 11.3 Å². The normalized spacial score (nSPS) is 25.8. The van der Waals surface area contributed by atoms with Gasteiger partial charge in [-0.15, -0.1) is 0 Å². The minimum Gasteiger partial charge on any atom is -0.481 e. The van der Waals surface area contributed by atoms with Crippen LogP contribution in [0.4, 0.5) is 0 Å². The van der Waals surface area contributed by atoms with E-state index >= 15 is 0 Å². The Balaban J connectivity index is 1.66. The van der Waals surface area contributed by atoms with Crippen LogP contribution < -0.4 is 0 Å². The van der Waals surface area contributed by atoms with Crippen molar-refractivity contribution in [2.24, 2.45) is 18.4 Å². The lowest BCUT2D eigenvalue weighted by Crippen LogP contribution is -2.45. The van der Waals surface area contributed by atoms with E-state index in [1.54, 1.807) is 22.8 Å². The van der Waals surface area contributed by atoms with Gasteiger partial charge in [0, 0.05) is 45.1 Å². The Morgan fingerprint density at radius 1 is 1.36 bits per heavy atom. The van der Waals surface area contributed by atoms with Crippen molar-refractivity contribution in [2.75, 3.05) is 26.3 Å². The molecule has 1 amide bonds. The predicted octanol–water partition coefficient (Wildman–Crippen LogP) is 0.774. The molecule has 0 unspecified atom stereocenters. The average Bonchev–Trinajstić information content (AvgIpc) is 3.31. The predicted molar refractivity (Wildman–Crippen MR) is 87.4 cm³/mol. The van der Waals surface area contributed by atoms with Crippen LogP contribution in [0.3, 0.4) is 0 Å². The van der Waals surface area contributed by atoms with Crippen molar-refractivity contribution in [1.82, 2.24) is 19.2 Å². The summed E-state index contributed by atoms with van der Waals surface area (Å²) in [5.41, 5.74) is -0.428. The number of nitrogens with zero attached hydrogens (tertiary/aromatic N) is 4. The number of carbonyl (C=O) groups is 2. The minimum atomic E-state index is -0.899. The Morgan fingerprint density at radius 2 is 2.12 bits per heavy atom. The number of aryl methyl sites for hydroxylation is 1. The van der Waals surface area contributed by atoms with Gasteiger partial charge in [0.2, 0.25) is 0 Å². The zero-order chi connectivity index (χ0) is 17.6. The Hall–Kier alpha value is -2.61. The standard InChI is InChI=1S/C17H20N4O4/c1-19-14(20-5-2-3-6-20)13(8-18-19)15(22)21-9-12-10-25-7-4-17(12,11-21)16(23)24/h2-3,5-6,8,12H,4,7,9-11H2,1H3,(H,23,24)/t12-,17+/m0/s1. The summed E-state index contributed by atoms with van der Waals surface area (Å²) in [7, 11) is 1.78. The molecule has 8 nitrogen and oxygen atoms in total. The first-order valence-corrected chi connectivity index (χ1v) is 8.29. The minimum absolute atomic E-state index is 0.172. The van der Waals surface area contributed by atoms with Crippen LogP contribution in [0.2, 0.25) is 0 Å². The number of aromatic nitrogens is 3. The summed E-state index contributed by atoms with van der Waals surface area (Å²) in [6.45, 7) is 1.42. The van der Waals surface area contributed by atoms with Crippen LogP contribution in [0.15, 0.2) is 30.7 Å². The van der Waals surface area contributed by atoms with Gasteiger partial charge in [0.1, 0.15) is 11.4 Å². The Bertz CT molecular complexity index is 813. The van der Waals surface area contributed by atoms with Gasteiger partial charge in [0.15, 0.2) is 0 Å². The van der Waals surface area contributed by atoms with Crippen molar-refractivity contribution in [3.05, 3.63) is 36.3 Å². The van der Waals surface area contributed by atoms with Crippen molar-refractivity contribution in [2.45, 2.75) is 6.42 Å². The van der Waals surface area contributed by atoms with E-state index in [1.807, 2.05) is 29.1 Å². The summed E-state index contributed by atoms with van der Waals surface area (Å²) in [6, 6.07) is 3.75. The molecule has 2 fully saturated rings. The number of fused-ring (bicyclic) bond motifs is 1. The summed E-state index contributed by atoms with van der Waals surface area (Å²) >= 11 is 0. The molecule has 0 bridgehead atoms. The van der Waals surface area contributed by atoms with Gasteiger partial charge in [0.25, 0.3) is 5.91 Å². The summed E-state index contributed by atoms with van der Waals surface area (Å²) in [5.74, 6) is -0.528. The lowest BCUT2D eigenvalue weighted by Gasteiger charge is -2.33. The zero-order valence-corrected chi connectivity index (χ0v) is 14.0. The molecule has 25 heavy (non-hydrogen) atoms. The average molecular weight is 344 g/mol. The highest BCUT2D eigenvalue weighted by atomic mass is 16.5. The lowest BCUT2D eigenvalue weighted by atomic mass is 9.74. The molecule has 2 saturated heterocycles. The van der Waals surface area contributed by atoms with Crippen molar-refractivity contribution in [3.63, 3.8) is 0 Å². The third-order valence-electron chi connectivity index (χ3n) is 5.41. The van der Waals surface area contributed by atoms with Crippen LogP contribution in [-0.2, 0) is 16.6 Å². The van der Waals surface area contributed by atoms with Crippen molar-refractivity contribution in [3.8, 4) is 5.82 Å². The largest absolute Gasteiger partial charge is 0.481 e. The van der Waals surface area contributed by atoms with Gasteiger partial charge in [0.05, 0.1) is 18.2 Å². The highest BCUT2D eigenvalue weighted by Gasteiger charge is 2.55. The van der Waals surface area contributed by atoms with E-state index in [-0.39, 0.29) is 18.4 Å². The first-order valence-electron chi connectivity index (χ1n) is 8.29. The molecule has 2 aromatic rings. The maximum Gasteiger partial charge on any atom is 0.311 e. The number of ether oxygens (including phenoxy) is 1. The molecule has 4 rings (SSSR count). The van der Waals surface area contributed by atoms with Crippen molar-refractivity contribution in [1.29, 1.82) is 0 Å². The molecule has 2 aliphatic heterocycles. The Kier molecular flexibility index (Phi) is 3.64. The number of rotatable bonds is 3. The summed E-state index contributed by atoms with van der Waals surface area (Å²) in [6.07, 6.45) is 5.69. The maximum atomic E-state index is 13.1. The summed E-state index contributed by atoms with van der Waals surface area (Å²) in [4.78, 5) is 26.7. The van der Waals surface area contributed by atoms with Crippen molar-refractivity contribution >= 4 is 11.9 Å². The molecule has 2 aromatic heterocycles. The van der Waals surface area contributed by atoms with E-state index in [0.717, 1.165) is 0 Å². The number of carboxylic acids is 1. The molecular formula is C17H20N4O4. The number of carboxylic acid groups (broad SMARTS) is 1. The highest BCUT2D eigenvalue weighted by Crippen LogP contribution is 2.43. The fraction of sp³-hybridized carbons (Fsp3) is 0.471. The number of aliphatic carboxylic acids is 1. The van der Waals surface area contributed by atoms with E-state index in [9.17, 15) is 14.7 Å². The number of likely N-dealkylation sites (tertiary alicyclic amines) is 1. The van der Waals surface area contributed by atoms with Gasteiger partial charge in [-0.05, 0) is 18.6 Å². The van der Waals surface area contributed by atoms with E-state index < -0.39 is 11.4 Å². The number of hydrogen-bond acceptors (Lipinski definition) is 4. The molecular weight excluding hydrogens is 324 g/mol. The van der Waals surface area contributed by atoms with Gasteiger partial charge >= 0.3 is 5.97 Å². The number of hydrogen-bond donors (Lipinski definition) is 1. The van der Waals surface area contributed by atoms with Crippen LogP contribution in [0.5, 0.6) is 0 Å². The second-order valence-corrected chi connectivity index (χ2v) is 6.76. The molecule has 2 atom stereocenters. The second-order valence-electron chi connectivity index (χ2n) is 6.76. The fourth-order valence-corrected chi connectivity index (χ4v) is 3.99. The van der Waals surface area contributed by atoms with E-state index in [4.69, 9.17) is 4.74 Å². The number of carbonyl (C=O) groups excluding carboxylic acids is 1. The maximum absolute atomic E-state index is 13.1. The first-order chi connectivity index (χ1) is 12.0. The molecule has 0 aromatic carbocycles. The smallest absolute Gasteiger partial charge is 0.311 e. The molecule has 8 heteroatoms. The van der Waals surface area contributed by atoms with E-state index in [0.29, 0.717) is 37.6 Å². The van der Waals surface area contributed by atoms with Gasteiger partial charge in [-0.25, -0.2) is 0 Å². The molecule has 0 spiro atoms. The molecule has 2 aliphatic rings. The molecule has 0 saturated carbocycles. The van der Waals surface area contributed by atoms with Gasteiger partial charge in [-0.2, -0.15) is 5.10 Å². The van der Waals surface area contributed by atoms with Crippen LogP contribution in [0.1, 0.15) is 16.8 Å². The first kappa shape index (κ1) is 15.9. The van der Waals surface area contributed by atoms with E-state index in [1.165, 1.54) is 0 Å². The lowest BCUT2D eigenvalue weighted by molar-refractivity contribution is -0.157. The Morgan fingerprint density at radius 3 is 2.80 bits per heavy atom. The van der Waals surface area contributed by atoms with Gasteiger partial charge in [-0.1, -0.05) is 0 Å². The topological polar surface area (TPSA) is 89.6 Å². The molecule has 1 N–H and O–H groups in total. The third kappa shape index (κ3) is 2.36. The fourth-order valence-electron chi connectivity index (χ4n) is 3.99. The molecule has 4 heterocycles. The van der Waals surface area contributed by atoms with Gasteiger partial charge in [-0.3, -0.25) is 14.3 Å². The quantitative estimate of drug-likeness (QED) is 0.888. The highest BCUT2D eigenvalue weighted by molar-refractivity contribution is 5.98. The second kappa shape index (κ2) is 5.73. The third-order valence-corrected chi connectivity index (χ3v) is 5.41. The summed E-state index contributed by atoms with van der Waals surface area (Å²) < 4.78 is 8.94. The monoisotopic (exact) mass is 344 g/mol. The molecule has 0 aliphatic carbocycles. The van der Waals surface area contributed by atoms with E-state index in [2.05, 4.69) is 5.10 Å². The van der Waals surface area contributed by atoms with Crippen LogP contribution >= 0.6 is 0 Å². The SMILES string of the molecule is Cn1ncc(C(=O)N2C[C@H]3COCC[C@@]3(C(=O)O)C2)c1-n1cccc1. The zero-order valence-electron chi connectivity index (χ0n) is 14.0. The van der Waals surface area contributed by atoms with Crippen molar-refractivity contribution < 1.29 is 19.4 Å². The molecule has 132 valence electrons. The van der Waals surface area contributed by atoms with Crippen LogP contribution in [0.25, 0.3) is 5.82 Å². The van der Waals surface area contributed by atoms with Crippen LogP contribution in [-0.4, -0.2) is 62.5 Å². The number of amides is 1.